The molecule has 0 aromatic carbocycles. The van der Waals surface area contributed by atoms with Gasteiger partial charge in [-0.3, -0.25) is 4.79 Å². The second kappa shape index (κ2) is 2.83. The van der Waals surface area contributed by atoms with E-state index in [1.54, 1.807) is 0 Å². The molecule has 4 nitrogen and oxygen atoms in total. The van der Waals surface area contributed by atoms with E-state index >= 15 is 0 Å². The maximum Gasteiger partial charge on any atom is 0.329 e. The van der Waals surface area contributed by atoms with Gasteiger partial charge in [-0.25, -0.2) is 0 Å². The highest BCUT2D eigenvalue weighted by atomic mass is 32.1. The zero-order chi connectivity index (χ0) is 7.56. The first-order valence-corrected chi connectivity index (χ1v) is 3.24. The Hall–Kier alpha value is -0.840. The molecule has 0 N–H and O–H groups in total. The van der Waals surface area contributed by atoms with Crippen molar-refractivity contribution in [1.29, 1.82) is 0 Å². The molecule has 0 aromatic rings. The lowest BCUT2D eigenvalue weighted by Crippen LogP contribution is -2.26. The molecule has 1 heterocycles. The molecular formula is C5H7NO3S. The first kappa shape index (κ1) is 7.27. The molecule has 1 aliphatic heterocycles. The van der Waals surface area contributed by atoms with E-state index in [-0.39, 0.29) is 11.1 Å². The van der Waals surface area contributed by atoms with Gasteiger partial charge in [-0.2, -0.15) is 5.06 Å². The summed E-state index contributed by atoms with van der Waals surface area (Å²) in [5, 5.41) is 1.49. The summed E-state index contributed by atoms with van der Waals surface area (Å²) in [5.41, 5.74) is 0. The van der Waals surface area contributed by atoms with Crippen molar-refractivity contribution in [2.75, 3.05) is 13.2 Å². The number of thiocarbonyl (C=S) groups is 1. The third-order valence-electron chi connectivity index (χ3n) is 0.962. The van der Waals surface area contributed by atoms with Crippen LogP contribution in [0.15, 0.2) is 0 Å². The van der Waals surface area contributed by atoms with Crippen LogP contribution >= 0.6 is 12.2 Å². The van der Waals surface area contributed by atoms with Gasteiger partial charge in [0.2, 0.25) is 0 Å². The number of carbonyl (C=O) groups is 1. The third-order valence-corrected chi connectivity index (χ3v) is 1.28. The first-order valence-electron chi connectivity index (χ1n) is 2.83. The third kappa shape index (κ3) is 1.57. The lowest BCUT2D eigenvalue weighted by Gasteiger charge is -2.11. The Balaban J connectivity index is 2.40. The lowest BCUT2D eigenvalue weighted by atomic mass is 10.7. The molecule has 1 fully saturated rings. The number of rotatable bonds is 1. The number of ether oxygens (including phenoxy) is 1. The molecule has 0 bridgehead atoms. The summed E-state index contributed by atoms with van der Waals surface area (Å²) in [6.45, 7) is 2.34. The normalized spacial score (nSPS) is 16.9. The molecule has 0 radical (unpaired) electrons. The molecular weight excluding hydrogens is 154 g/mol. The number of carbonyl (C=O) groups excluding carboxylic acids is 1. The van der Waals surface area contributed by atoms with Crippen molar-refractivity contribution in [2.45, 2.75) is 6.92 Å². The second-order valence-electron chi connectivity index (χ2n) is 1.80. The molecule has 0 amide bonds. The Labute approximate surface area is 63.7 Å². The van der Waals surface area contributed by atoms with Crippen molar-refractivity contribution in [1.82, 2.24) is 5.06 Å². The van der Waals surface area contributed by atoms with Crippen LogP contribution in [0.1, 0.15) is 6.92 Å². The van der Waals surface area contributed by atoms with Gasteiger partial charge < -0.3 is 9.57 Å². The van der Waals surface area contributed by atoms with E-state index in [1.165, 1.54) is 12.0 Å². The van der Waals surface area contributed by atoms with Crippen LogP contribution in [0.25, 0.3) is 0 Å². The molecule has 5 heteroatoms. The molecule has 0 aromatic heterocycles. The summed E-state index contributed by atoms with van der Waals surface area (Å²) in [4.78, 5) is 15.0. The summed E-state index contributed by atoms with van der Waals surface area (Å²) in [6.07, 6.45) is 0. The standard InChI is InChI=1S/C5H7NO3S/c1-4(7)9-6-2-3-8-5(6)10/h2-3H2,1H3. The number of hydrogen-bond donors (Lipinski definition) is 0. The van der Waals surface area contributed by atoms with Crippen LogP contribution < -0.4 is 0 Å². The molecule has 1 aliphatic rings. The molecule has 10 heavy (non-hydrogen) atoms. The lowest BCUT2D eigenvalue weighted by molar-refractivity contribution is -0.167. The van der Waals surface area contributed by atoms with Crippen LogP contribution in [0.4, 0.5) is 0 Å². The highest BCUT2D eigenvalue weighted by Crippen LogP contribution is 2.03. The maximum absolute atomic E-state index is 10.4. The van der Waals surface area contributed by atoms with Crippen molar-refractivity contribution in [3.05, 3.63) is 0 Å². The van der Waals surface area contributed by atoms with Crippen LogP contribution in [0.3, 0.4) is 0 Å². The number of hydroxylamine groups is 2. The fourth-order valence-electron chi connectivity index (χ4n) is 0.617. The van der Waals surface area contributed by atoms with Crippen LogP contribution in [-0.2, 0) is 14.4 Å². The van der Waals surface area contributed by atoms with Crippen LogP contribution in [0.2, 0.25) is 0 Å². The molecule has 0 spiro atoms. The fraction of sp³-hybridized carbons (Fsp3) is 0.600. The number of nitrogens with zero attached hydrogens (tertiary/aromatic N) is 1. The molecule has 56 valence electrons. The van der Waals surface area contributed by atoms with Gasteiger partial charge in [0, 0.05) is 6.92 Å². The second-order valence-corrected chi connectivity index (χ2v) is 2.15. The van der Waals surface area contributed by atoms with Gasteiger partial charge in [-0.15, -0.1) is 0 Å². The van der Waals surface area contributed by atoms with E-state index in [2.05, 4.69) is 17.1 Å². The Bertz CT molecular complexity index is 170. The largest absolute Gasteiger partial charge is 0.467 e. The predicted molar refractivity (Wildman–Crippen MR) is 37.0 cm³/mol. The minimum absolute atomic E-state index is 0.232. The summed E-state index contributed by atoms with van der Waals surface area (Å²) in [5.74, 6) is -0.382. The van der Waals surface area contributed by atoms with Crippen molar-refractivity contribution >= 4 is 23.4 Å². The molecule has 1 saturated heterocycles. The van der Waals surface area contributed by atoms with Gasteiger partial charge >= 0.3 is 5.97 Å². The maximum atomic E-state index is 10.4. The SMILES string of the molecule is CC(=O)ON1CCOC1=S. The van der Waals surface area contributed by atoms with Crippen molar-refractivity contribution < 1.29 is 14.4 Å². The Morgan fingerprint density at radius 2 is 2.60 bits per heavy atom. The van der Waals surface area contributed by atoms with Crippen molar-refractivity contribution in [3.63, 3.8) is 0 Å². The molecule has 0 atom stereocenters. The zero-order valence-electron chi connectivity index (χ0n) is 5.49. The van der Waals surface area contributed by atoms with Gasteiger partial charge in [0.25, 0.3) is 5.17 Å². The van der Waals surface area contributed by atoms with E-state index in [9.17, 15) is 4.79 Å². The van der Waals surface area contributed by atoms with Gasteiger partial charge in [0.15, 0.2) is 0 Å². The first-order chi connectivity index (χ1) is 4.70. The average molecular weight is 161 g/mol. The smallest absolute Gasteiger partial charge is 0.329 e. The van der Waals surface area contributed by atoms with Gasteiger partial charge in [-0.1, -0.05) is 0 Å². The fourth-order valence-corrected chi connectivity index (χ4v) is 0.829. The van der Waals surface area contributed by atoms with Crippen LogP contribution in [0.5, 0.6) is 0 Å². The molecule has 0 aliphatic carbocycles. The van der Waals surface area contributed by atoms with Gasteiger partial charge in [0.1, 0.15) is 6.61 Å². The number of hydrogen-bond acceptors (Lipinski definition) is 4. The zero-order valence-corrected chi connectivity index (χ0v) is 6.31. The Morgan fingerprint density at radius 3 is 3.00 bits per heavy atom. The summed E-state index contributed by atoms with van der Waals surface area (Å²) in [7, 11) is 0. The van der Waals surface area contributed by atoms with Crippen LogP contribution in [-0.4, -0.2) is 29.4 Å². The summed E-state index contributed by atoms with van der Waals surface area (Å²) in [6, 6.07) is 0. The van der Waals surface area contributed by atoms with E-state index in [0.29, 0.717) is 13.2 Å². The van der Waals surface area contributed by atoms with E-state index in [1.807, 2.05) is 0 Å². The monoisotopic (exact) mass is 161 g/mol. The summed E-state index contributed by atoms with van der Waals surface area (Å²) < 4.78 is 4.85. The van der Waals surface area contributed by atoms with Gasteiger partial charge in [-0.05, 0) is 12.2 Å². The quantitative estimate of drug-likeness (QED) is 0.509. The highest BCUT2D eigenvalue weighted by Gasteiger charge is 2.20. The topological polar surface area (TPSA) is 38.8 Å². The highest BCUT2D eigenvalue weighted by molar-refractivity contribution is 7.80. The molecule has 1 rings (SSSR count). The van der Waals surface area contributed by atoms with Crippen molar-refractivity contribution in [3.8, 4) is 0 Å². The summed E-state index contributed by atoms with van der Waals surface area (Å²) >= 11 is 4.69. The van der Waals surface area contributed by atoms with Crippen molar-refractivity contribution in [2.24, 2.45) is 0 Å². The van der Waals surface area contributed by atoms with Gasteiger partial charge in [0.05, 0.1) is 6.54 Å². The van der Waals surface area contributed by atoms with E-state index in [4.69, 9.17) is 4.74 Å². The van der Waals surface area contributed by atoms with Crippen LogP contribution in [0, 0.1) is 0 Å². The minimum Gasteiger partial charge on any atom is -0.467 e. The van der Waals surface area contributed by atoms with E-state index < -0.39 is 0 Å². The molecule has 0 saturated carbocycles. The predicted octanol–water partition coefficient (Wildman–Crippen LogP) is 0.0816. The minimum atomic E-state index is -0.382. The van der Waals surface area contributed by atoms with E-state index in [0.717, 1.165) is 0 Å². The molecule has 0 unspecified atom stereocenters. The Morgan fingerprint density at radius 1 is 1.90 bits per heavy atom. The Kier molecular flexibility index (Phi) is 2.06. The average Bonchev–Trinajstić information content (AvgIpc) is 2.15.